The van der Waals surface area contributed by atoms with Crippen molar-refractivity contribution < 1.29 is 9.59 Å². The predicted octanol–water partition coefficient (Wildman–Crippen LogP) is 6.79. The summed E-state index contributed by atoms with van der Waals surface area (Å²) in [5.74, 6) is 0.852. The Morgan fingerprint density at radius 3 is 2.33 bits per heavy atom. The molecule has 1 aliphatic heterocycles. The Bertz CT molecular complexity index is 1470. The second-order valence-corrected chi connectivity index (χ2v) is 14.3. The minimum absolute atomic E-state index is 0.0560. The van der Waals surface area contributed by atoms with Gasteiger partial charge in [-0.05, 0) is 85.3 Å². The van der Waals surface area contributed by atoms with Gasteiger partial charge in [0.1, 0.15) is 11.4 Å². The highest BCUT2D eigenvalue weighted by atomic mass is 35.5. The van der Waals surface area contributed by atoms with E-state index in [1.165, 1.54) is 0 Å². The zero-order valence-electron chi connectivity index (χ0n) is 25.3. The first-order valence-corrected chi connectivity index (χ1v) is 15.6. The van der Waals surface area contributed by atoms with Crippen LogP contribution in [-0.2, 0) is 11.3 Å². The molecule has 2 unspecified atom stereocenters. The number of halogens is 2. The van der Waals surface area contributed by atoms with E-state index in [2.05, 4.69) is 60.6 Å². The Morgan fingerprint density at radius 1 is 1.09 bits per heavy atom. The average Bonchev–Trinajstić information content (AvgIpc) is 3.53. The molecule has 228 valence electrons. The number of aliphatic imine (C=N–C) groups is 1. The van der Waals surface area contributed by atoms with Crippen LogP contribution in [0.25, 0.3) is 0 Å². The van der Waals surface area contributed by atoms with Crippen molar-refractivity contribution in [3.8, 4) is 0 Å². The highest BCUT2D eigenvalue weighted by Gasteiger charge is 2.53. The lowest BCUT2D eigenvalue weighted by atomic mass is 9.75. The van der Waals surface area contributed by atoms with E-state index in [1.807, 2.05) is 29.2 Å². The zero-order valence-corrected chi connectivity index (χ0v) is 26.8. The molecule has 3 atom stereocenters. The van der Waals surface area contributed by atoms with Gasteiger partial charge in [0.05, 0.1) is 12.6 Å². The summed E-state index contributed by atoms with van der Waals surface area (Å²) in [5.41, 5.74) is 1.90. The highest BCUT2D eigenvalue weighted by molar-refractivity contribution is 6.47. The van der Waals surface area contributed by atoms with Gasteiger partial charge in [-0.25, -0.2) is 0 Å². The number of nitrogens with one attached hydrogen (secondary N) is 2. The van der Waals surface area contributed by atoms with Crippen LogP contribution >= 0.6 is 23.2 Å². The summed E-state index contributed by atoms with van der Waals surface area (Å²) in [4.78, 5) is 34.7. The number of benzene rings is 2. The summed E-state index contributed by atoms with van der Waals surface area (Å²) in [7, 11) is 0. The van der Waals surface area contributed by atoms with Crippen molar-refractivity contribution in [3.05, 3.63) is 75.0 Å². The predicted molar refractivity (Wildman–Crippen MR) is 168 cm³/mol. The third-order valence-corrected chi connectivity index (χ3v) is 8.75. The molecule has 2 aliphatic rings. The second kappa shape index (κ2) is 12.4. The Labute approximate surface area is 262 Å². The van der Waals surface area contributed by atoms with Crippen LogP contribution in [0.2, 0.25) is 10.0 Å². The van der Waals surface area contributed by atoms with Crippen molar-refractivity contribution in [2.24, 2.45) is 22.2 Å². The van der Waals surface area contributed by atoms with Crippen LogP contribution in [0.4, 0.5) is 0 Å². The molecule has 5 rings (SSSR count). The number of carbonyl (C=O) groups excluding carboxylic acids is 2. The molecule has 1 saturated carbocycles. The molecule has 0 bridgehead atoms. The van der Waals surface area contributed by atoms with Gasteiger partial charge in [-0.3, -0.25) is 14.6 Å². The fraction of sp³-hybridized carbons (Fsp3) is 0.500. The van der Waals surface area contributed by atoms with Gasteiger partial charge in [0.2, 0.25) is 0 Å². The Balaban J connectivity index is 1.52. The molecule has 11 heteroatoms. The van der Waals surface area contributed by atoms with Crippen molar-refractivity contribution in [3.63, 3.8) is 0 Å². The lowest BCUT2D eigenvalue weighted by Gasteiger charge is -2.47. The van der Waals surface area contributed by atoms with Gasteiger partial charge in [-0.1, -0.05) is 75.2 Å². The maximum Gasteiger partial charge on any atom is 0.275 e. The molecule has 0 saturated heterocycles. The quantitative estimate of drug-likeness (QED) is 0.286. The molecule has 1 spiro atoms. The molecule has 2 aromatic carbocycles. The molecule has 2 N–H and O–H groups in total. The van der Waals surface area contributed by atoms with E-state index in [1.54, 1.807) is 18.2 Å². The lowest BCUT2D eigenvalue weighted by molar-refractivity contribution is -0.134. The Hall–Kier alpha value is -3.30. The van der Waals surface area contributed by atoms with E-state index in [-0.39, 0.29) is 29.8 Å². The molecular weight excluding hydrogens is 585 g/mol. The van der Waals surface area contributed by atoms with E-state index in [9.17, 15) is 9.59 Å². The minimum atomic E-state index is -0.679. The third kappa shape index (κ3) is 7.10. The molecule has 3 aromatic rings. The number of tetrazole rings is 1. The smallest absolute Gasteiger partial charge is 0.275 e. The maximum atomic E-state index is 14.6. The SMILES string of the molecule is CC1CC(C)CC2(C1)N=C(c1cc(Cl)cc(Cl)c1)C(=O)N2[C@H](CCC(C)(C)C)c1ccc(C(=O)NCc2nn[nH]n2)cc1. The highest BCUT2D eigenvalue weighted by Crippen LogP contribution is 2.49. The van der Waals surface area contributed by atoms with Crippen LogP contribution in [0.3, 0.4) is 0 Å². The van der Waals surface area contributed by atoms with Crippen molar-refractivity contribution in [2.45, 2.75) is 85.0 Å². The number of hydrogen-bond acceptors (Lipinski definition) is 6. The first kappa shape index (κ1) is 31.1. The Morgan fingerprint density at radius 2 is 1.74 bits per heavy atom. The molecular formula is C32H39Cl2N7O2. The molecule has 0 radical (unpaired) electrons. The largest absolute Gasteiger partial charge is 0.345 e. The molecule has 1 fully saturated rings. The van der Waals surface area contributed by atoms with Crippen LogP contribution in [0.15, 0.2) is 47.5 Å². The standard InChI is InChI=1S/C32H39Cl2N7O2/c1-19-12-20(2)17-32(16-19)36-28(23-13-24(33)15-25(34)14-23)30(43)41(32)26(10-11-31(3,4)5)21-6-8-22(9-7-21)29(42)35-18-27-37-39-40-38-27/h6-9,13-15,19-20,26H,10-12,16-18H2,1-5H3,(H,35,42)(H,37,38,39,40)/t19?,20?,26-,32?/m1/s1. The first-order chi connectivity index (χ1) is 20.3. The van der Waals surface area contributed by atoms with Crippen molar-refractivity contribution in [1.82, 2.24) is 30.8 Å². The second-order valence-electron chi connectivity index (χ2n) is 13.4. The minimum Gasteiger partial charge on any atom is -0.345 e. The fourth-order valence-corrected chi connectivity index (χ4v) is 7.18. The summed E-state index contributed by atoms with van der Waals surface area (Å²) in [5, 5.41) is 17.4. The monoisotopic (exact) mass is 623 g/mol. The molecule has 2 heterocycles. The van der Waals surface area contributed by atoms with Gasteiger partial charge in [-0.2, -0.15) is 5.21 Å². The number of nitrogens with zero attached hydrogens (tertiary/aromatic N) is 5. The van der Waals surface area contributed by atoms with Crippen molar-refractivity contribution in [2.75, 3.05) is 0 Å². The van der Waals surface area contributed by atoms with Crippen LogP contribution in [0, 0.1) is 17.3 Å². The normalized spacial score (nSPS) is 23.0. The zero-order chi connectivity index (χ0) is 30.9. The number of rotatable bonds is 8. The molecule has 43 heavy (non-hydrogen) atoms. The molecule has 2 amide bonds. The lowest BCUT2D eigenvalue weighted by Crippen LogP contribution is -2.52. The summed E-state index contributed by atoms with van der Waals surface area (Å²) < 4.78 is 0. The van der Waals surface area contributed by atoms with Gasteiger partial charge in [-0.15, -0.1) is 10.2 Å². The maximum absolute atomic E-state index is 14.6. The number of aromatic amines is 1. The summed E-state index contributed by atoms with van der Waals surface area (Å²) in [6.07, 6.45) is 4.31. The van der Waals surface area contributed by atoms with Crippen LogP contribution in [0.1, 0.15) is 100 Å². The van der Waals surface area contributed by atoms with E-state index >= 15 is 0 Å². The van der Waals surface area contributed by atoms with E-state index in [4.69, 9.17) is 28.2 Å². The van der Waals surface area contributed by atoms with E-state index < -0.39 is 5.66 Å². The number of hydrogen-bond donors (Lipinski definition) is 2. The van der Waals surface area contributed by atoms with Gasteiger partial charge in [0.25, 0.3) is 11.8 Å². The van der Waals surface area contributed by atoms with Gasteiger partial charge < -0.3 is 10.2 Å². The molecule has 1 aliphatic carbocycles. The summed E-state index contributed by atoms with van der Waals surface area (Å²) >= 11 is 12.8. The molecule has 9 nitrogen and oxygen atoms in total. The van der Waals surface area contributed by atoms with Crippen LogP contribution < -0.4 is 5.32 Å². The summed E-state index contributed by atoms with van der Waals surface area (Å²) in [6, 6.07) is 12.5. The van der Waals surface area contributed by atoms with Gasteiger partial charge in [0.15, 0.2) is 5.82 Å². The average molecular weight is 625 g/mol. The molecule has 1 aromatic heterocycles. The van der Waals surface area contributed by atoms with Crippen molar-refractivity contribution >= 4 is 40.7 Å². The summed E-state index contributed by atoms with van der Waals surface area (Å²) in [6.45, 7) is 11.3. The van der Waals surface area contributed by atoms with Gasteiger partial charge >= 0.3 is 0 Å². The van der Waals surface area contributed by atoms with Crippen LogP contribution in [0.5, 0.6) is 0 Å². The third-order valence-electron chi connectivity index (χ3n) is 8.31. The van der Waals surface area contributed by atoms with Crippen molar-refractivity contribution in [1.29, 1.82) is 0 Å². The first-order valence-electron chi connectivity index (χ1n) is 14.8. The van der Waals surface area contributed by atoms with Crippen LogP contribution in [-0.4, -0.2) is 48.7 Å². The topological polar surface area (TPSA) is 116 Å². The number of amides is 2. The number of aromatic nitrogens is 4. The fourth-order valence-electron chi connectivity index (χ4n) is 6.65. The van der Waals surface area contributed by atoms with Gasteiger partial charge in [0, 0.05) is 21.2 Å². The number of carbonyl (C=O) groups is 2. The number of H-pyrrole nitrogens is 1. The Kier molecular flexibility index (Phi) is 8.95. The van der Waals surface area contributed by atoms with E-state index in [0.717, 1.165) is 37.7 Å². The van der Waals surface area contributed by atoms with E-state index in [0.29, 0.717) is 44.5 Å².